The first kappa shape index (κ1) is 30.0. The van der Waals surface area contributed by atoms with Gasteiger partial charge in [-0.3, -0.25) is 9.59 Å². The first-order valence-corrected chi connectivity index (χ1v) is 14.9. The number of rotatable bonds is 10. The van der Waals surface area contributed by atoms with Crippen LogP contribution in [0.15, 0.2) is 79.0 Å². The second kappa shape index (κ2) is 12.0. The molecule has 0 saturated carbocycles. The molecule has 5 rings (SSSR count). The number of hydrogen-bond donors (Lipinski definition) is 0. The van der Waals surface area contributed by atoms with Crippen LogP contribution in [0, 0.1) is 17.3 Å². The lowest BCUT2D eigenvalue weighted by Crippen LogP contribution is -2.22. The molecule has 0 aliphatic heterocycles. The Hall–Kier alpha value is -4.45. The molecule has 1 atom stereocenters. The van der Waals surface area contributed by atoms with Gasteiger partial charge in [-0.1, -0.05) is 65.8 Å². The van der Waals surface area contributed by atoms with Gasteiger partial charge in [-0.05, 0) is 66.3 Å². The van der Waals surface area contributed by atoms with E-state index in [0.717, 1.165) is 22.2 Å². The van der Waals surface area contributed by atoms with Gasteiger partial charge in [0, 0.05) is 34.2 Å². The summed E-state index contributed by atoms with van der Waals surface area (Å²) in [6, 6.07) is 22.8. The molecule has 0 radical (unpaired) electrons. The highest BCUT2D eigenvalue weighted by Gasteiger charge is 2.34. The standard InChI is InChI=1S/C37H40N2O4/c1-23(2)24(3)20-30-33(36(41)37(4,5)6)32-21-29(43-22-27-15-12-25-10-8-9-11-31(25)38-27)18-19-39(32)34(30)35(40)26-13-16-28(42-7)17-14-26/h8-19,21,23-24H,20,22H2,1-7H3. The molecule has 0 amide bonds. The maximum Gasteiger partial charge on any atom is 0.210 e. The maximum absolute atomic E-state index is 14.2. The van der Waals surface area contributed by atoms with Crippen molar-refractivity contribution < 1.29 is 19.1 Å². The van der Waals surface area contributed by atoms with E-state index < -0.39 is 5.41 Å². The lowest BCUT2D eigenvalue weighted by molar-refractivity contribution is 0.0859. The summed E-state index contributed by atoms with van der Waals surface area (Å²) in [7, 11) is 1.60. The van der Waals surface area contributed by atoms with Gasteiger partial charge in [0.25, 0.3) is 0 Å². The summed E-state index contributed by atoms with van der Waals surface area (Å²) >= 11 is 0. The molecule has 3 aromatic heterocycles. The van der Waals surface area contributed by atoms with Crippen molar-refractivity contribution in [3.63, 3.8) is 0 Å². The van der Waals surface area contributed by atoms with E-state index >= 15 is 0 Å². The van der Waals surface area contributed by atoms with Crippen LogP contribution in [0.25, 0.3) is 16.4 Å². The predicted octanol–water partition coefficient (Wildman–Crippen LogP) is 8.37. The number of Topliss-reactive ketones (excluding diaryl/α,β-unsaturated/α-hetero) is 1. The number of nitrogens with zero attached hydrogens (tertiary/aromatic N) is 2. The fourth-order valence-electron chi connectivity index (χ4n) is 5.23. The summed E-state index contributed by atoms with van der Waals surface area (Å²) < 4.78 is 13.4. The summed E-state index contributed by atoms with van der Waals surface area (Å²) in [5, 5.41) is 1.07. The third kappa shape index (κ3) is 6.19. The highest BCUT2D eigenvalue weighted by atomic mass is 16.5. The van der Waals surface area contributed by atoms with Crippen LogP contribution < -0.4 is 9.47 Å². The van der Waals surface area contributed by atoms with Crippen LogP contribution in [0.2, 0.25) is 0 Å². The van der Waals surface area contributed by atoms with Crippen molar-refractivity contribution in [2.24, 2.45) is 17.3 Å². The van der Waals surface area contributed by atoms with Crippen molar-refractivity contribution in [1.29, 1.82) is 0 Å². The molecular weight excluding hydrogens is 536 g/mol. The second-order valence-corrected chi connectivity index (χ2v) is 12.7. The monoisotopic (exact) mass is 576 g/mol. The topological polar surface area (TPSA) is 69.9 Å². The first-order chi connectivity index (χ1) is 20.5. The molecule has 0 aliphatic carbocycles. The first-order valence-electron chi connectivity index (χ1n) is 14.9. The quantitative estimate of drug-likeness (QED) is 0.156. The molecule has 0 saturated heterocycles. The summed E-state index contributed by atoms with van der Waals surface area (Å²) in [5.41, 5.74) is 4.17. The van der Waals surface area contributed by atoms with Gasteiger partial charge >= 0.3 is 0 Å². The molecule has 6 nitrogen and oxygen atoms in total. The van der Waals surface area contributed by atoms with Crippen molar-refractivity contribution in [2.75, 3.05) is 7.11 Å². The Morgan fingerprint density at radius 3 is 2.30 bits per heavy atom. The molecule has 0 spiro atoms. The number of aromatic nitrogens is 2. The minimum atomic E-state index is -0.649. The van der Waals surface area contributed by atoms with Gasteiger partial charge in [0.2, 0.25) is 5.78 Å². The van der Waals surface area contributed by atoms with E-state index in [0.29, 0.717) is 46.2 Å². The average molecular weight is 577 g/mol. The molecule has 0 N–H and O–H groups in total. The van der Waals surface area contributed by atoms with Gasteiger partial charge in [-0.2, -0.15) is 0 Å². The van der Waals surface area contributed by atoms with Crippen molar-refractivity contribution >= 4 is 28.0 Å². The summed E-state index contributed by atoms with van der Waals surface area (Å²) in [5.74, 6) is 1.77. The number of para-hydroxylation sites is 1. The van der Waals surface area contributed by atoms with Crippen molar-refractivity contribution in [3.05, 3.63) is 107 Å². The van der Waals surface area contributed by atoms with E-state index in [-0.39, 0.29) is 24.1 Å². The van der Waals surface area contributed by atoms with Crippen LogP contribution in [0.3, 0.4) is 0 Å². The van der Waals surface area contributed by atoms with Gasteiger partial charge in [-0.25, -0.2) is 4.98 Å². The summed E-state index contributed by atoms with van der Waals surface area (Å²) in [6.45, 7) is 12.6. The zero-order valence-corrected chi connectivity index (χ0v) is 26.1. The maximum atomic E-state index is 14.2. The second-order valence-electron chi connectivity index (χ2n) is 12.7. The fourth-order valence-corrected chi connectivity index (χ4v) is 5.23. The molecule has 6 heteroatoms. The number of methoxy groups -OCH3 is 1. The molecule has 0 fully saturated rings. The average Bonchev–Trinajstić information content (AvgIpc) is 3.31. The highest BCUT2D eigenvalue weighted by molar-refractivity contribution is 6.15. The number of pyridine rings is 2. The SMILES string of the molecule is COc1ccc(C(=O)c2c(CC(C)C(C)C)c(C(=O)C(C)(C)C)c3cc(OCc4ccc5ccccc5n4)ccn23)cc1. The minimum Gasteiger partial charge on any atom is -0.497 e. The number of carbonyl (C=O) groups is 2. The summed E-state index contributed by atoms with van der Waals surface area (Å²) in [4.78, 5) is 33.1. The molecule has 0 aliphatic rings. The van der Waals surface area contributed by atoms with Crippen LogP contribution in [0.5, 0.6) is 11.5 Å². The number of fused-ring (bicyclic) bond motifs is 2. The van der Waals surface area contributed by atoms with Crippen molar-refractivity contribution in [2.45, 2.75) is 54.6 Å². The third-order valence-corrected chi connectivity index (χ3v) is 8.19. The molecule has 1 unspecified atom stereocenters. The molecule has 5 aromatic rings. The highest BCUT2D eigenvalue weighted by Crippen LogP contribution is 2.36. The number of ether oxygens (including phenoxy) is 2. The van der Waals surface area contributed by atoms with E-state index in [9.17, 15) is 9.59 Å². The Morgan fingerprint density at radius 2 is 1.63 bits per heavy atom. The molecule has 3 heterocycles. The number of benzene rings is 2. The van der Waals surface area contributed by atoms with Crippen molar-refractivity contribution in [1.82, 2.24) is 9.38 Å². The Labute approximate surface area is 253 Å². The molecular formula is C37H40N2O4. The van der Waals surface area contributed by atoms with E-state index in [1.54, 1.807) is 31.4 Å². The van der Waals surface area contributed by atoms with Crippen LogP contribution >= 0.6 is 0 Å². The smallest absolute Gasteiger partial charge is 0.210 e. The normalized spacial score (nSPS) is 12.6. The van der Waals surface area contributed by atoms with E-state index in [2.05, 4.69) is 20.8 Å². The largest absolute Gasteiger partial charge is 0.497 e. The number of carbonyl (C=O) groups excluding carboxylic acids is 2. The Kier molecular flexibility index (Phi) is 8.41. The van der Waals surface area contributed by atoms with Gasteiger partial charge < -0.3 is 13.9 Å². The lowest BCUT2D eigenvalue weighted by atomic mass is 9.81. The van der Waals surface area contributed by atoms with Crippen LogP contribution in [-0.2, 0) is 13.0 Å². The molecule has 222 valence electrons. The third-order valence-electron chi connectivity index (χ3n) is 8.19. The molecule has 0 bridgehead atoms. The van der Waals surface area contributed by atoms with Crippen LogP contribution in [0.1, 0.15) is 79.2 Å². The zero-order valence-electron chi connectivity index (χ0n) is 26.1. The zero-order chi connectivity index (χ0) is 30.9. The van der Waals surface area contributed by atoms with Gasteiger partial charge in [0.15, 0.2) is 5.78 Å². The Balaban J connectivity index is 1.63. The molecule has 2 aromatic carbocycles. The van der Waals surface area contributed by atoms with Gasteiger partial charge in [-0.15, -0.1) is 0 Å². The van der Waals surface area contributed by atoms with Crippen molar-refractivity contribution in [3.8, 4) is 11.5 Å². The minimum absolute atomic E-state index is 0.00178. The summed E-state index contributed by atoms with van der Waals surface area (Å²) in [6.07, 6.45) is 2.45. The lowest BCUT2D eigenvalue weighted by Gasteiger charge is -2.20. The Bertz CT molecular complexity index is 1790. The van der Waals surface area contributed by atoms with Gasteiger partial charge in [0.05, 0.1) is 29.5 Å². The fraction of sp³-hybridized carbons (Fsp3) is 0.324. The molecule has 43 heavy (non-hydrogen) atoms. The van der Waals surface area contributed by atoms with Crippen LogP contribution in [0.4, 0.5) is 0 Å². The van der Waals surface area contributed by atoms with E-state index in [1.807, 2.05) is 79.9 Å². The predicted molar refractivity (Wildman–Crippen MR) is 171 cm³/mol. The number of ketones is 2. The number of hydrogen-bond acceptors (Lipinski definition) is 5. The van der Waals surface area contributed by atoms with E-state index in [1.165, 1.54) is 0 Å². The van der Waals surface area contributed by atoms with Crippen LogP contribution in [-0.4, -0.2) is 28.1 Å². The Morgan fingerprint density at radius 1 is 0.907 bits per heavy atom. The van der Waals surface area contributed by atoms with E-state index in [4.69, 9.17) is 14.5 Å². The van der Waals surface area contributed by atoms with Gasteiger partial charge in [0.1, 0.15) is 18.1 Å².